The fourth-order valence-electron chi connectivity index (χ4n) is 2.41. The van der Waals surface area contributed by atoms with Crippen LogP contribution in [0.3, 0.4) is 0 Å². The van der Waals surface area contributed by atoms with Gasteiger partial charge in [-0.15, -0.1) is 0 Å². The molecule has 1 aliphatic carbocycles. The molecule has 0 atom stereocenters. The number of aryl methyl sites for hydroxylation is 1. The maximum atomic E-state index is 10.7. The molecule has 0 fully saturated rings. The molecule has 0 unspecified atom stereocenters. The summed E-state index contributed by atoms with van der Waals surface area (Å²) in [6, 6.07) is 0.240. The largest absolute Gasteiger partial charge is 0.481 e. The van der Waals surface area contributed by atoms with Gasteiger partial charge in [0.2, 0.25) is 0 Å². The normalized spacial score (nSPS) is 13.7. The first kappa shape index (κ1) is 12.8. The smallest absolute Gasteiger partial charge is 0.305 e. The minimum absolute atomic E-state index is 0.136. The molecule has 98 valence electrons. The molecular formula is C13H19N3O2. The molecule has 0 aromatic carbocycles. The summed E-state index contributed by atoms with van der Waals surface area (Å²) in [4.78, 5) is 21.5. The van der Waals surface area contributed by atoms with E-state index in [0.717, 1.165) is 30.8 Å². The van der Waals surface area contributed by atoms with Gasteiger partial charge in [-0.25, -0.2) is 9.97 Å². The van der Waals surface area contributed by atoms with Crippen molar-refractivity contribution in [3.8, 4) is 0 Å². The van der Waals surface area contributed by atoms with Crippen LogP contribution in [0.25, 0.3) is 0 Å². The van der Waals surface area contributed by atoms with Gasteiger partial charge >= 0.3 is 5.97 Å². The Morgan fingerprint density at radius 1 is 1.44 bits per heavy atom. The third kappa shape index (κ3) is 2.60. The Hall–Kier alpha value is -1.65. The summed E-state index contributed by atoms with van der Waals surface area (Å²) in [6.45, 7) is 4.62. The van der Waals surface area contributed by atoms with E-state index in [9.17, 15) is 4.79 Å². The van der Waals surface area contributed by atoms with Crippen LogP contribution in [0.4, 0.5) is 5.82 Å². The summed E-state index contributed by atoms with van der Waals surface area (Å²) in [7, 11) is 0. The number of fused-ring (bicyclic) bond motifs is 1. The fourth-order valence-corrected chi connectivity index (χ4v) is 2.41. The van der Waals surface area contributed by atoms with E-state index in [2.05, 4.69) is 28.7 Å². The number of aromatic nitrogens is 2. The van der Waals surface area contributed by atoms with Crippen molar-refractivity contribution < 1.29 is 9.90 Å². The maximum absolute atomic E-state index is 10.7. The van der Waals surface area contributed by atoms with Gasteiger partial charge < -0.3 is 10.0 Å². The van der Waals surface area contributed by atoms with Gasteiger partial charge in [-0.05, 0) is 33.1 Å². The first-order valence-corrected chi connectivity index (χ1v) is 6.40. The van der Waals surface area contributed by atoms with E-state index in [1.807, 2.05) is 0 Å². The summed E-state index contributed by atoms with van der Waals surface area (Å²) in [5, 5.41) is 8.83. The molecule has 0 amide bonds. The third-order valence-electron chi connectivity index (χ3n) is 3.31. The van der Waals surface area contributed by atoms with Gasteiger partial charge in [-0.1, -0.05) is 0 Å². The van der Waals surface area contributed by atoms with Crippen LogP contribution >= 0.6 is 0 Å². The molecule has 1 heterocycles. The van der Waals surface area contributed by atoms with Gasteiger partial charge in [0.05, 0.1) is 6.42 Å². The van der Waals surface area contributed by atoms with Crippen molar-refractivity contribution in [2.45, 2.75) is 45.6 Å². The number of rotatable bonds is 5. The molecule has 0 saturated carbocycles. The summed E-state index contributed by atoms with van der Waals surface area (Å²) in [6.07, 6.45) is 4.86. The van der Waals surface area contributed by atoms with Crippen LogP contribution in [-0.2, 0) is 17.6 Å². The first-order valence-electron chi connectivity index (χ1n) is 6.40. The topological polar surface area (TPSA) is 66.3 Å². The van der Waals surface area contributed by atoms with Gasteiger partial charge in [0.25, 0.3) is 0 Å². The standard InChI is InChI=1S/C13H19N3O2/c1-9(2)16(7-6-12(17)18)13-10-4-3-5-11(10)14-8-15-13/h8-9H,3-7H2,1-2H3,(H,17,18). The lowest BCUT2D eigenvalue weighted by molar-refractivity contribution is -0.136. The molecule has 0 radical (unpaired) electrons. The molecule has 1 aromatic heterocycles. The summed E-state index contributed by atoms with van der Waals surface area (Å²) in [5.74, 6) is 0.153. The molecule has 1 aromatic rings. The molecule has 18 heavy (non-hydrogen) atoms. The van der Waals surface area contributed by atoms with Crippen LogP contribution in [-0.4, -0.2) is 33.6 Å². The van der Waals surface area contributed by atoms with Crippen LogP contribution in [0.2, 0.25) is 0 Å². The van der Waals surface area contributed by atoms with Crippen LogP contribution in [0.1, 0.15) is 37.9 Å². The molecule has 1 aliphatic rings. The van der Waals surface area contributed by atoms with Gasteiger partial charge in [0.15, 0.2) is 0 Å². The lowest BCUT2D eigenvalue weighted by Crippen LogP contribution is -2.34. The zero-order valence-corrected chi connectivity index (χ0v) is 10.9. The van der Waals surface area contributed by atoms with E-state index >= 15 is 0 Å². The quantitative estimate of drug-likeness (QED) is 0.859. The van der Waals surface area contributed by atoms with Gasteiger partial charge in [-0.2, -0.15) is 0 Å². The number of aliphatic carboxylic acids is 1. The predicted octanol–water partition coefficient (Wildman–Crippen LogP) is 1.65. The second kappa shape index (κ2) is 5.33. The number of hydrogen-bond donors (Lipinski definition) is 1. The summed E-state index contributed by atoms with van der Waals surface area (Å²) >= 11 is 0. The van der Waals surface area contributed by atoms with Crippen LogP contribution in [0, 0.1) is 0 Å². The third-order valence-corrected chi connectivity index (χ3v) is 3.31. The second-order valence-corrected chi connectivity index (χ2v) is 4.91. The van der Waals surface area contributed by atoms with Crippen molar-refractivity contribution in [1.82, 2.24) is 9.97 Å². The van der Waals surface area contributed by atoms with Crippen LogP contribution < -0.4 is 4.90 Å². The molecule has 0 spiro atoms. The predicted molar refractivity (Wildman–Crippen MR) is 68.8 cm³/mol. The number of nitrogens with zero attached hydrogens (tertiary/aromatic N) is 3. The zero-order valence-electron chi connectivity index (χ0n) is 10.9. The molecule has 1 N–H and O–H groups in total. The average Bonchev–Trinajstić information content (AvgIpc) is 2.77. The van der Waals surface area contributed by atoms with Crippen molar-refractivity contribution in [3.05, 3.63) is 17.6 Å². The molecule has 0 saturated heterocycles. The average molecular weight is 249 g/mol. The van der Waals surface area contributed by atoms with Crippen LogP contribution in [0.15, 0.2) is 6.33 Å². The number of carboxylic acids is 1. The first-order chi connectivity index (χ1) is 8.59. The lowest BCUT2D eigenvalue weighted by atomic mass is 10.2. The van der Waals surface area contributed by atoms with E-state index in [0.29, 0.717) is 6.54 Å². The highest BCUT2D eigenvalue weighted by Gasteiger charge is 2.22. The zero-order chi connectivity index (χ0) is 13.1. The Kier molecular flexibility index (Phi) is 3.79. The fraction of sp³-hybridized carbons (Fsp3) is 0.615. The molecule has 2 rings (SSSR count). The Labute approximate surface area is 107 Å². The maximum Gasteiger partial charge on any atom is 0.305 e. The highest BCUT2D eigenvalue weighted by atomic mass is 16.4. The number of hydrogen-bond acceptors (Lipinski definition) is 4. The molecule has 5 nitrogen and oxygen atoms in total. The Morgan fingerprint density at radius 3 is 2.89 bits per heavy atom. The van der Waals surface area contributed by atoms with Crippen molar-refractivity contribution in [3.63, 3.8) is 0 Å². The number of anilines is 1. The Bertz CT molecular complexity index is 446. The van der Waals surface area contributed by atoms with E-state index in [1.54, 1.807) is 6.33 Å². The van der Waals surface area contributed by atoms with Crippen molar-refractivity contribution in [2.24, 2.45) is 0 Å². The number of carboxylic acid groups (broad SMARTS) is 1. The van der Waals surface area contributed by atoms with Gasteiger partial charge in [0, 0.05) is 23.8 Å². The Morgan fingerprint density at radius 2 is 2.22 bits per heavy atom. The van der Waals surface area contributed by atoms with E-state index in [1.165, 1.54) is 5.56 Å². The molecule has 0 aliphatic heterocycles. The summed E-state index contributed by atoms with van der Waals surface area (Å²) < 4.78 is 0. The van der Waals surface area contributed by atoms with E-state index < -0.39 is 5.97 Å². The minimum Gasteiger partial charge on any atom is -0.481 e. The van der Waals surface area contributed by atoms with Crippen LogP contribution in [0.5, 0.6) is 0 Å². The monoisotopic (exact) mass is 249 g/mol. The highest BCUT2D eigenvalue weighted by Crippen LogP contribution is 2.28. The highest BCUT2D eigenvalue weighted by molar-refractivity contribution is 5.67. The number of carbonyl (C=O) groups is 1. The van der Waals surface area contributed by atoms with E-state index in [-0.39, 0.29) is 12.5 Å². The Balaban J connectivity index is 2.25. The minimum atomic E-state index is -0.772. The second-order valence-electron chi connectivity index (χ2n) is 4.91. The SMILES string of the molecule is CC(C)N(CCC(=O)O)c1ncnc2c1CCC2. The van der Waals surface area contributed by atoms with E-state index in [4.69, 9.17) is 5.11 Å². The van der Waals surface area contributed by atoms with Crippen molar-refractivity contribution in [1.29, 1.82) is 0 Å². The van der Waals surface area contributed by atoms with Gasteiger partial charge in [0.1, 0.15) is 12.1 Å². The lowest BCUT2D eigenvalue weighted by Gasteiger charge is -2.28. The summed E-state index contributed by atoms with van der Waals surface area (Å²) in [5.41, 5.74) is 2.33. The molecule has 5 heteroatoms. The molecular weight excluding hydrogens is 230 g/mol. The van der Waals surface area contributed by atoms with Crippen molar-refractivity contribution in [2.75, 3.05) is 11.4 Å². The van der Waals surface area contributed by atoms with Gasteiger partial charge in [-0.3, -0.25) is 4.79 Å². The van der Waals surface area contributed by atoms with Crippen molar-refractivity contribution >= 4 is 11.8 Å². The molecule has 0 bridgehead atoms.